The molecule has 16 heavy (non-hydrogen) atoms. The Morgan fingerprint density at radius 3 is 2.25 bits per heavy atom. The number of benzene rings is 2. The molecule has 0 N–H and O–H groups in total. The van der Waals surface area contributed by atoms with Crippen LogP contribution in [0.2, 0.25) is 0 Å². The van der Waals surface area contributed by atoms with Gasteiger partial charge in [0.2, 0.25) is 0 Å². The van der Waals surface area contributed by atoms with Crippen molar-refractivity contribution in [2.24, 2.45) is 0 Å². The van der Waals surface area contributed by atoms with Crippen LogP contribution in [0, 0.1) is 17.0 Å². The molecule has 0 saturated heterocycles. The highest BCUT2D eigenvalue weighted by Crippen LogP contribution is 2.16. The molecule has 0 atom stereocenters. The average Bonchev–Trinajstić information content (AvgIpc) is 2.33. The molecule has 0 radical (unpaired) electrons. The molecule has 0 nitrogen and oxygen atoms in total. The normalized spacial score (nSPS) is 9.31. The highest BCUT2D eigenvalue weighted by molar-refractivity contribution is 8.03. The first-order chi connectivity index (χ1) is 7.84. The minimum absolute atomic E-state index is 0.222. The van der Waals surface area contributed by atoms with Crippen LogP contribution >= 0.6 is 11.8 Å². The van der Waals surface area contributed by atoms with Gasteiger partial charge in [0.25, 0.3) is 0 Å². The van der Waals surface area contributed by atoms with Gasteiger partial charge in [-0.05, 0) is 53.4 Å². The first kappa shape index (κ1) is 10.8. The lowest BCUT2D eigenvalue weighted by Gasteiger charge is -1.92. The summed E-state index contributed by atoms with van der Waals surface area (Å²) in [4.78, 5) is 0.949. The van der Waals surface area contributed by atoms with Crippen molar-refractivity contribution in [1.29, 1.82) is 0 Å². The summed E-state index contributed by atoms with van der Waals surface area (Å²) in [5.41, 5.74) is 0.983. The lowest BCUT2D eigenvalue weighted by molar-refractivity contribution is 0.626. The first-order valence-electron chi connectivity index (χ1n) is 4.83. The van der Waals surface area contributed by atoms with Crippen LogP contribution in [0.25, 0.3) is 0 Å². The van der Waals surface area contributed by atoms with Gasteiger partial charge in [-0.1, -0.05) is 24.1 Å². The van der Waals surface area contributed by atoms with Crippen LogP contribution in [0.1, 0.15) is 5.56 Å². The van der Waals surface area contributed by atoms with E-state index < -0.39 is 0 Å². The summed E-state index contributed by atoms with van der Waals surface area (Å²) in [6.45, 7) is 0. The fourth-order valence-corrected chi connectivity index (χ4v) is 1.73. The Labute approximate surface area is 98.5 Å². The zero-order valence-electron chi connectivity index (χ0n) is 8.48. The SMILES string of the molecule is Fc1ccc(SC#Cc2ccccc2)cc1. The molecule has 2 aromatic rings. The minimum Gasteiger partial charge on any atom is -0.207 e. The molecule has 2 rings (SSSR count). The van der Waals surface area contributed by atoms with Crippen LogP contribution in [0.15, 0.2) is 59.5 Å². The Bertz CT molecular complexity index is 506. The molecule has 78 valence electrons. The molecular weight excluding hydrogens is 219 g/mol. The summed E-state index contributed by atoms with van der Waals surface area (Å²) in [7, 11) is 0. The van der Waals surface area contributed by atoms with Gasteiger partial charge in [0, 0.05) is 10.5 Å². The quantitative estimate of drug-likeness (QED) is 0.526. The van der Waals surface area contributed by atoms with Crippen LogP contribution in [0.4, 0.5) is 4.39 Å². The summed E-state index contributed by atoms with van der Waals surface area (Å²) >= 11 is 1.40. The van der Waals surface area contributed by atoms with E-state index in [0.29, 0.717) is 0 Å². The third kappa shape index (κ3) is 3.15. The second kappa shape index (κ2) is 5.39. The van der Waals surface area contributed by atoms with Gasteiger partial charge >= 0.3 is 0 Å². The maximum absolute atomic E-state index is 12.6. The van der Waals surface area contributed by atoms with E-state index in [-0.39, 0.29) is 5.82 Å². The van der Waals surface area contributed by atoms with Gasteiger partial charge < -0.3 is 0 Å². The summed E-state index contributed by atoms with van der Waals surface area (Å²) < 4.78 is 12.6. The maximum Gasteiger partial charge on any atom is 0.123 e. The third-order valence-corrected chi connectivity index (χ3v) is 2.66. The molecule has 0 aliphatic heterocycles. The number of hydrogen-bond donors (Lipinski definition) is 0. The standard InChI is InChI=1S/C14H9FS/c15-13-6-8-14(9-7-13)16-11-10-12-4-2-1-3-5-12/h1-9H. The van der Waals surface area contributed by atoms with E-state index >= 15 is 0 Å². The smallest absolute Gasteiger partial charge is 0.123 e. The molecule has 0 amide bonds. The van der Waals surface area contributed by atoms with Crippen molar-refractivity contribution in [3.8, 4) is 11.2 Å². The molecule has 0 fully saturated rings. The molecule has 0 aliphatic rings. The Morgan fingerprint density at radius 1 is 0.875 bits per heavy atom. The van der Waals surface area contributed by atoms with E-state index in [2.05, 4.69) is 11.2 Å². The van der Waals surface area contributed by atoms with Crippen LogP contribution in [-0.4, -0.2) is 0 Å². The fourth-order valence-electron chi connectivity index (χ4n) is 1.17. The largest absolute Gasteiger partial charge is 0.207 e. The topological polar surface area (TPSA) is 0 Å². The Hall–Kier alpha value is -1.72. The molecule has 0 aliphatic carbocycles. The Morgan fingerprint density at radius 2 is 1.56 bits per heavy atom. The zero-order chi connectivity index (χ0) is 11.2. The number of rotatable bonds is 1. The highest BCUT2D eigenvalue weighted by Gasteiger charge is 1.91. The molecule has 0 heterocycles. The van der Waals surface area contributed by atoms with E-state index in [4.69, 9.17) is 0 Å². The van der Waals surface area contributed by atoms with Gasteiger partial charge in [0.05, 0.1) is 0 Å². The van der Waals surface area contributed by atoms with E-state index in [0.717, 1.165) is 10.5 Å². The lowest BCUT2D eigenvalue weighted by Crippen LogP contribution is -1.72. The van der Waals surface area contributed by atoms with E-state index in [9.17, 15) is 4.39 Å². The molecule has 0 bridgehead atoms. The van der Waals surface area contributed by atoms with Crippen molar-refractivity contribution in [3.63, 3.8) is 0 Å². The molecule has 2 aromatic carbocycles. The number of hydrogen-bond acceptors (Lipinski definition) is 1. The van der Waals surface area contributed by atoms with Crippen molar-refractivity contribution in [3.05, 3.63) is 66.0 Å². The predicted molar refractivity (Wildman–Crippen MR) is 65.6 cm³/mol. The molecule has 0 spiro atoms. The molecule has 0 saturated carbocycles. The predicted octanol–water partition coefficient (Wildman–Crippen LogP) is 3.93. The van der Waals surface area contributed by atoms with Crippen molar-refractivity contribution >= 4 is 11.8 Å². The fraction of sp³-hybridized carbons (Fsp3) is 0. The van der Waals surface area contributed by atoms with Gasteiger partial charge in [-0.3, -0.25) is 0 Å². The van der Waals surface area contributed by atoms with Crippen molar-refractivity contribution < 1.29 is 4.39 Å². The first-order valence-corrected chi connectivity index (χ1v) is 5.65. The second-order valence-corrected chi connectivity index (χ2v) is 4.03. The molecular formula is C14H9FS. The van der Waals surface area contributed by atoms with Crippen LogP contribution in [0.3, 0.4) is 0 Å². The van der Waals surface area contributed by atoms with E-state index in [1.54, 1.807) is 12.1 Å². The Balaban J connectivity index is 2.03. The zero-order valence-corrected chi connectivity index (χ0v) is 9.30. The summed E-state index contributed by atoms with van der Waals surface area (Å²) in [5.74, 6) is 2.81. The second-order valence-electron chi connectivity index (χ2n) is 3.15. The van der Waals surface area contributed by atoms with E-state index in [1.807, 2.05) is 30.3 Å². The molecule has 0 aromatic heterocycles. The summed E-state index contributed by atoms with van der Waals surface area (Å²) in [6, 6.07) is 16.1. The van der Waals surface area contributed by atoms with Gasteiger partial charge in [-0.2, -0.15) is 0 Å². The number of thioether (sulfide) groups is 1. The van der Waals surface area contributed by atoms with Gasteiger partial charge in [0.1, 0.15) is 5.82 Å². The summed E-state index contributed by atoms with van der Waals surface area (Å²) in [6.07, 6.45) is 0. The van der Waals surface area contributed by atoms with E-state index in [1.165, 1.54) is 23.9 Å². The molecule has 2 heteroatoms. The van der Waals surface area contributed by atoms with Gasteiger partial charge in [0.15, 0.2) is 0 Å². The highest BCUT2D eigenvalue weighted by atomic mass is 32.2. The van der Waals surface area contributed by atoms with Crippen LogP contribution in [0.5, 0.6) is 0 Å². The Kier molecular flexibility index (Phi) is 3.63. The van der Waals surface area contributed by atoms with Crippen LogP contribution in [-0.2, 0) is 0 Å². The van der Waals surface area contributed by atoms with Gasteiger partial charge in [-0.25, -0.2) is 4.39 Å². The monoisotopic (exact) mass is 228 g/mol. The van der Waals surface area contributed by atoms with Gasteiger partial charge in [-0.15, -0.1) is 0 Å². The minimum atomic E-state index is -0.222. The molecule has 0 unspecified atom stereocenters. The summed E-state index contributed by atoms with van der Waals surface area (Å²) in [5, 5.41) is 2.98. The van der Waals surface area contributed by atoms with Crippen molar-refractivity contribution in [2.75, 3.05) is 0 Å². The lowest BCUT2D eigenvalue weighted by atomic mass is 10.2. The third-order valence-electron chi connectivity index (χ3n) is 1.95. The maximum atomic E-state index is 12.6. The average molecular weight is 228 g/mol. The number of halogens is 1. The van der Waals surface area contributed by atoms with Crippen molar-refractivity contribution in [2.45, 2.75) is 4.90 Å². The van der Waals surface area contributed by atoms with Crippen molar-refractivity contribution in [1.82, 2.24) is 0 Å². The van der Waals surface area contributed by atoms with Crippen LogP contribution < -0.4 is 0 Å².